The first-order valence-corrected chi connectivity index (χ1v) is 17.9. The van der Waals surface area contributed by atoms with E-state index in [-0.39, 0.29) is 51.1 Å². The van der Waals surface area contributed by atoms with E-state index in [1.165, 1.54) is 54.6 Å². The molecule has 6 rings (SSSR count). The van der Waals surface area contributed by atoms with Crippen LogP contribution in [0.4, 0.5) is 34.1 Å². The van der Waals surface area contributed by atoms with Gasteiger partial charge in [0, 0.05) is 11.5 Å². The highest BCUT2D eigenvalue weighted by Gasteiger charge is 2.23. The first kappa shape index (κ1) is 36.8. The van der Waals surface area contributed by atoms with Crippen molar-refractivity contribution in [3.8, 4) is 45.6 Å². The summed E-state index contributed by atoms with van der Waals surface area (Å²) in [6.45, 7) is 0. The van der Waals surface area contributed by atoms with E-state index in [0.717, 1.165) is 36.4 Å². The van der Waals surface area contributed by atoms with Gasteiger partial charge in [-0.1, -0.05) is 18.2 Å². The molecule has 0 aliphatic carbocycles. The van der Waals surface area contributed by atoms with Gasteiger partial charge >= 0.3 is 0 Å². The van der Waals surface area contributed by atoms with Gasteiger partial charge in [0.05, 0.1) is 16.0 Å². The molecule has 0 unspecified atom stereocenters. The van der Waals surface area contributed by atoms with E-state index in [1.54, 1.807) is 6.07 Å². The van der Waals surface area contributed by atoms with Crippen LogP contribution in [0.15, 0.2) is 138 Å². The monoisotopic (exact) mass is 772 g/mol. The zero-order chi connectivity index (χ0) is 38.9. The zero-order valence-corrected chi connectivity index (χ0v) is 28.6. The first-order chi connectivity index (χ1) is 25.5. The van der Waals surface area contributed by atoms with Crippen LogP contribution in [0.1, 0.15) is 0 Å². The lowest BCUT2D eigenvalue weighted by molar-refractivity contribution is 0.451. The zero-order valence-electron chi connectivity index (χ0n) is 26.9. The average molecular weight is 773 g/mol. The van der Waals surface area contributed by atoms with Crippen molar-refractivity contribution in [2.75, 3.05) is 0 Å². The molecule has 0 aromatic heterocycles. The Morgan fingerprint density at radius 2 is 0.889 bits per heavy atom. The van der Waals surface area contributed by atoms with E-state index in [2.05, 4.69) is 30.7 Å². The van der Waals surface area contributed by atoms with Gasteiger partial charge in [-0.05, 0) is 83.9 Å². The van der Waals surface area contributed by atoms with Gasteiger partial charge in [-0.2, -0.15) is 21.9 Å². The van der Waals surface area contributed by atoms with E-state index in [4.69, 9.17) is 4.55 Å². The quantitative estimate of drug-likeness (QED) is 0.0507. The second-order valence-electron chi connectivity index (χ2n) is 11.2. The number of fused-ring (bicyclic) bond motifs is 1. The Balaban J connectivity index is 1.29. The maximum Gasteiger partial charge on any atom is 0.295 e. The number of hydrogen-bond donors (Lipinski definition) is 8. The van der Waals surface area contributed by atoms with Crippen LogP contribution in [0.3, 0.4) is 0 Å². The molecule has 6 aromatic rings. The van der Waals surface area contributed by atoms with Gasteiger partial charge in [0.2, 0.25) is 0 Å². The lowest BCUT2D eigenvalue weighted by Gasteiger charge is -2.11. The van der Waals surface area contributed by atoms with Gasteiger partial charge in [-0.3, -0.25) is 9.11 Å². The molecular formula is C34H24N6O12S2. The number of nitrogens with zero attached hydrogens (tertiary/aromatic N) is 6. The number of rotatable bonds is 9. The van der Waals surface area contributed by atoms with Crippen molar-refractivity contribution in [2.24, 2.45) is 30.7 Å². The fourth-order valence-corrected chi connectivity index (χ4v) is 6.17. The van der Waals surface area contributed by atoms with E-state index >= 15 is 0 Å². The van der Waals surface area contributed by atoms with Crippen LogP contribution in [0.5, 0.6) is 34.5 Å². The maximum absolute atomic E-state index is 12.3. The summed E-state index contributed by atoms with van der Waals surface area (Å²) in [6.07, 6.45) is 0. The van der Waals surface area contributed by atoms with Crippen molar-refractivity contribution in [3.63, 3.8) is 0 Å². The smallest absolute Gasteiger partial charge is 0.295 e. The number of phenolic OH excluding ortho intramolecular Hbond substituents is 6. The normalized spacial score (nSPS) is 12.4. The third-order valence-electron chi connectivity index (χ3n) is 7.63. The van der Waals surface area contributed by atoms with Gasteiger partial charge in [0.1, 0.15) is 56.3 Å². The molecule has 0 radical (unpaired) electrons. The lowest BCUT2D eigenvalue weighted by Crippen LogP contribution is -1.99. The topological polar surface area (TPSA) is 304 Å². The van der Waals surface area contributed by atoms with Crippen LogP contribution >= 0.6 is 0 Å². The molecule has 20 heteroatoms. The molecule has 274 valence electrons. The average Bonchev–Trinajstić information content (AvgIpc) is 3.10. The number of benzene rings is 6. The van der Waals surface area contributed by atoms with Crippen LogP contribution < -0.4 is 0 Å². The van der Waals surface area contributed by atoms with Gasteiger partial charge in [0.15, 0.2) is 11.5 Å². The van der Waals surface area contributed by atoms with Crippen molar-refractivity contribution in [1.29, 1.82) is 0 Å². The third-order valence-corrected chi connectivity index (χ3v) is 9.39. The van der Waals surface area contributed by atoms with Gasteiger partial charge in [0.25, 0.3) is 20.2 Å². The molecule has 0 aliphatic rings. The van der Waals surface area contributed by atoms with E-state index in [9.17, 15) is 52.0 Å². The van der Waals surface area contributed by atoms with Crippen LogP contribution in [0.2, 0.25) is 0 Å². The summed E-state index contributed by atoms with van der Waals surface area (Å²) in [5, 5.41) is 85.1. The standard InChI is InChI=1S/C34H24N6O12S2/c41-20-5-11-25(30(44)15-20)37-36-23-9-1-17(13-28(23)42)18-2-10-24(29(43)14-18)38-40-27-16-31(54(50,51)52)22-8-12-26(33(45)32(22)34(27)46)39-35-19-3-6-21(7-4-19)53(47,48)49/h1-16,41-46H,(H,47,48,49)(H,50,51,52). The molecule has 0 amide bonds. The molecule has 0 saturated heterocycles. The Kier molecular flexibility index (Phi) is 9.67. The summed E-state index contributed by atoms with van der Waals surface area (Å²) in [5.74, 6) is -2.76. The Morgan fingerprint density at radius 1 is 0.426 bits per heavy atom. The molecule has 18 nitrogen and oxygen atoms in total. The number of hydrogen-bond acceptors (Lipinski definition) is 16. The van der Waals surface area contributed by atoms with Gasteiger partial charge < -0.3 is 30.6 Å². The first-order valence-electron chi connectivity index (χ1n) is 15.0. The van der Waals surface area contributed by atoms with Crippen molar-refractivity contribution >= 4 is 65.1 Å². The summed E-state index contributed by atoms with van der Waals surface area (Å²) < 4.78 is 66.3. The minimum atomic E-state index is -4.98. The molecule has 54 heavy (non-hydrogen) atoms. The number of azo groups is 3. The van der Waals surface area contributed by atoms with Crippen LogP contribution in [0, 0.1) is 0 Å². The summed E-state index contributed by atoms with van der Waals surface area (Å²) >= 11 is 0. The molecule has 0 heterocycles. The highest BCUT2D eigenvalue weighted by Crippen LogP contribution is 2.48. The van der Waals surface area contributed by atoms with Gasteiger partial charge in [-0.25, -0.2) is 0 Å². The van der Waals surface area contributed by atoms with Crippen molar-refractivity contribution in [3.05, 3.63) is 97.1 Å². The molecule has 0 fully saturated rings. The second kappa shape index (κ2) is 14.2. The summed E-state index contributed by atoms with van der Waals surface area (Å²) in [5.41, 5.74) is 0.0645. The molecule has 8 N–H and O–H groups in total. The fraction of sp³-hybridized carbons (Fsp3) is 0. The molecule has 0 bridgehead atoms. The van der Waals surface area contributed by atoms with Crippen molar-refractivity contribution in [2.45, 2.75) is 9.79 Å². The highest BCUT2D eigenvalue weighted by molar-refractivity contribution is 7.86. The third kappa shape index (κ3) is 7.75. The van der Waals surface area contributed by atoms with E-state index < -0.39 is 58.3 Å². The lowest BCUT2D eigenvalue weighted by atomic mass is 10.0. The summed E-state index contributed by atoms with van der Waals surface area (Å²) in [7, 11) is -9.43. The summed E-state index contributed by atoms with van der Waals surface area (Å²) in [6, 6.07) is 19.7. The van der Waals surface area contributed by atoms with E-state index in [1.807, 2.05) is 0 Å². The Bertz CT molecular complexity index is 2790. The SMILES string of the molecule is O=S(=O)(O)c1ccc(N=Nc2ccc3c(S(=O)(=O)O)cc(N=Nc4ccc(-c5ccc(N=Nc6ccc(O)cc6O)c(O)c5)cc4O)c(O)c3c2O)cc1. The van der Waals surface area contributed by atoms with Crippen molar-refractivity contribution in [1.82, 2.24) is 0 Å². The minimum absolute atomic E-state index is 0.0481. The maximum atomic E-state index is 12.3. The summed E-state index contributed by atoms with van der Waals surface area (Å²) in [4.78, 5) is -1.16. The van der Waals surface area contributed by atoms with E-state index in [0.29, 0.717) is 11.1 Å². The number of aromatic hydroxyl groups is 6. The predicted molar refractivity (Wildman–Crippen MR) is 191 cm³/mol. The Labute approximate surface area is 304 Å². The number of phenols is 6. The van der Waals surface area contributed by atoms with Crippen LogP contribution in [-0.2, 0) is 20.2 Å². The molecule has 6 aromatic carbocycles. The predicted octanol–water partition coefficient (Wildman–Crippen LogP) is 8.48. The Hall–Kier alpha value is -7.00. The molecule has 0 atom stereocenters. The fourth-order valence-electron chi connectivity index (χ4n) is 4.98. The van der Waals surface area contributed by atoms with Crippen molar-refractivity contribution < 1.29 is 56.6 Å². The van der Waals surface area contributed by atoms with Crippen LogP contribution in [0.25, 0.3) is 21.9 Å². The highest BCUT2D eigenvalue weighted by atomic mass is 32.2. The van der Waals surface area contributed by atoms with Gasteiger partial charge in [-0.15, -0.1) is 25.6 Å². The molecule has 0 saturated carbocycles. The molecular weight excluding hydrogens is 749 g/mol. The minimum Gasteiger partial charge on any atom is -0.508 e. The second-order valence-corrected chi connectivity index (χ2v) is 14.0. The van der Waals surface area contributed by atoms with Crippen LogP contribution in [-0.4, -0.2) is 56.6 Å². The molecule has 0 spiro atoms. The Morgan fingerprint density at radius 3 is 1.39 bits per heavy atom. The largest absolute Gasteiger partial charge is 0.508 e. The molecule has 0 aliphatic heterocycles.